The van der Waals surface area contributed by atoms with E-state index in [9.17, 15) is 14.0 Å². The number of imide groups is 1. The monoisotopic (exact) mass is 530 g/mol. The summed E-state index contributed by atoms with van der Waals surface area (Å²) in [5, 5.41) is 5.44. The van der Waals surface area contributed by atoms with E-state index in [1.54, 1.807) is 29.2 Å². The first-order valence-electron chi connectivity index (χ1n) is 13.5. The number of carbonyl (C=O) groups excluding carboxylic acids is 2. The van der Waals surface area contributed by atoms with Crippen LogP contribution in [0.1, 0.15) is 41.1 Å². The lowest BCUT2D eigenvalue weighted by Crippen LogP contribution is -2.43. The lowest BCUT2D eigenvalue weighted by atomic mass is 9.65. The van der Waals surface area contributed by atoms with Crippen molar-refractivity contribution < 1.29 is 14.0 Å². The molecular weight excluding hydrogens is 503 g/mol. The Morgan fingerprint density at radius 3 is 2.42 bits per heavy atom. The summed E-state index contributed by atoms with van der Waals surface area (Å²) in [5.41, 5.74) is 4.04. The molecule has 6 nitrogen and oxygen atoms in total. The number of nitrogens with zero attached hydrogens (tertiary/aromatic N) is 4. The van der Waals surface area contributed by atoms with Crippen molar-refractivity contribution >= 4 is 22.7 Å². The van der Waals surface area contributed by atoms with Crippen LogP contribution in [-0.2, 0) is 21.5 Å². The number of pyridine rings is 1. The number of rotatable bonds is 5. The zero-order valence-corrected chi connectivity index (χ0v) is 22.0. The number of fused-ring (bicyclic) bond motifs is 2. The molecule has 2 amide bonds. The van der Waals surface area contributed by atoms with Crippen molar-refractivity contribution in [3.05, 3.63) is 126 Å². The van der Waals surface area contributed by atoms with Crippen LogP contribution < -0.4 is 0 Å². The van der Waals surface area contributed by atoms with Gasteiger partial charge in [-0.3, -0.25) is 19.5 Å². The summed E-state index contributed by atoms with van der Waals surface area (Å²) in [7, 11) is 0. The van der Waals surface area contributed by atoms with Crippen LogP contribution in [0.25, 0.3) is 16.6 Å². The van der Waals surface area contributed by atoms with Crippen LogP contribution in [0.4, 0.5) is 4.39 Å². The van der Waals surface area contributed by atoms with Crippen molar-refractivity contribution in [3.8, 4) is 5.69 Å². The number of benzene rings is 3. The highest BCUT2D eigenvalue weighted by Crippen LogP contribution is 2.60. The molecule has 1 aliphatic carbocycles. The SMILES string of the molecule is Cc1cc2c(cnn2-c2ccc(F)cc2)cc1[C@]12C(=O)N(Cc3ccccc3)C(=O)[C@@H]1CC[C@H]2c1ccccn1. The molecular formula is C33H27FN4O2. The number of hydrogen-bond donors (Lipinski definition) is 0. The molecule has 2 aromatic heterocycles. The van der Waals surface area contributed by atoms with Crippen LogP contribution in [0, 0.1) is 18.7 Å². The number of aryl methyl sites for hydroxylation is 1. The third-order valence-electron chi connectivity index (χ3n) is 8.67. The van der Waals surface area contributed by atoms with Crippen molar-refractivity contribution in [1.29, 1.82) is 0 Å². The number of aromatic nitrogens is 3. The molecule has 7 rings (SSSR count). The molecule has 2 aliphatic rings. The minimum absolute atomic E-state index is 0.117. The molecule has 1 aliphatic heterocycles. The van der Waals surface area contributed by atoms with Crippen LogP contribution in [-0.4, -0.2) is 31.5 Å². The number of hydrogen-bond acceptors (Lipinski definition) is 4. The average molecular weight is 531 g/mol. The van der Waals surface area contributed by atoms with Gasteiger partial charge in [0, 0.05) is 23.2 Å². The van der Waals surface area contributed by atoms with Crippen LogP contribution >= 0.6 is 0 Å². The van der Waals surface area contributed by atoms with Crippen molar-refractivity contribution in [2.75, 3.05) is 0 Å². The normalized spacial score (nSPS) is 22.3. The van der Waals surface area contributed by atoms with Crippen LogP contribution in [0.5, 0.6) is 0 Å². The Kier molecular flexibility index (Phi) is 5.63. The van der Waals surface area contributed by atoms with Crippen LogP contribution in [0.2, 0.25) is 0 Å². The van der Waals surface area contributed by atoms with Gasteiger partial charge in [0.2, 0.25) is 11.8 Å². The maximum atomic E-state index is 14.7. The summed E-state index contributed by atoms with van der Waals surface area (Å²) < 4.78 is 15.3. The van der Waals surface area contributed by atoms with E-state index < -0.39 is 11.3 Å². The second-order valence-electron chi connectivity index (χ2n) is 10.8. The van der Waals surface area contributed by atoms with Gasteiger partial charge in [0.1, 0.15) is 5.82 Å². The maximum absolute atomic E-state index is 14.7. The molecule has 40 heavy (non-hydrogen) atoms. The Bertz CT molecular complexity index is 1750. The molecule has 0 spiro atoms. The van der Waals surface area contributed by atoms with Gasteiger partial charge < -0.3 is 0 Å². The molecule has 0 N–H and O–H groups in total. The molecule has 7 heteroatoms. The van der Waals surface area contributed by atoms with Gasteiger partial charge in [0.15, 0.2) is 0 Å². The van der Waals surface area contributed by atoms with Crippen LogP contribution in [0.15, 0.2) is 97.3 Å². The number of halogens is 1. The third kappa shape index (κ3) is 3.54. The number of amides is 2. The minimum Gasteiger partial charge on any atom is -0.277 e. The van der Waals surface area contributed by atoms with Gasteiger partial charge in [-0.1, -0.05) is 36.4 Å². The molecule has 0 bridgehead atoms. The molecule has 2 fully saturated rings. The highest BCUT2D eigenvalue weighted by atomic mass is 19.1. The smallest absolute Gasteiger partial charge is 0.241 e. The van der Waals surface area contributed by atoms with Gasteiger partial charge in [0.25, 0.3) is 0 Å². The first-order chi connectivity index (χ1) is 19.5. The van der Waals surface area contributed by atoms with Gasteiger partial charge in [0.05, 0.1) is 35.3 Å². The summed E-state index contributed by atoms with van der Waals surface area (Å²) in [6.07, 6.45) is 4.83. The predicted octanol–water partition coefficient (Wildman–Crippen LogP) is 5.87. The molecule has 1 saturated carbocycles. The quantitative estimate of drug-likeness (QED) is 0.267. The van der Waals surface area contributed by atoms with E-state index in [4.69, 9.17) is 0 Å². The van der Waals surface area contributed by atoms with E-state index >= 15 is 0 Å². The zero-order chi connectivity index (χ0) is 27.4. The lowest BCUT2D eigenvalue weighted by molar-refractivity contribution is -0.141. The number of likely N-dealkylation sites (tertiary alicyclic amines) is 1. The van der Waals surface area contributed by atoms with E-state index in [0.717, 1.165) is 39.0 Å². The van der Waals surface area contributed by atoms with Crippen molar-refractivity contribution in [2.45, 2.75) is 37.6 Å². The highest BCUT2D eigenvalue weighted by Gasteiger charge is 2.67. The molecule has 198 valence electrons. The largest absolute Gasteiger partial charge is 0.277 e. The summed E-state index contributed by atoms with van der Waals surface area (Å²) in [5.74, 6) is -1.30. The fourth-order valence-corrected chi connectivity index (χ4v) is 6.94. The van der Waals surface area contributed by atoms with Crippen molar-refractivity contribution in [1.82, 2.24) is 19.7 Å². The Hall–Kier alpha value is -4.65. The summed E-state index contributed by atoms with van der Waals surface area (Å²) in [4.78, 5) is 34.8. The Morgan fingerprint density at radius 2 is 1.68 bits per heavy atom. The van der Waals surface area contributed by atoms with E-state index in [-0.39, 0.29) is 30.1 Å². The van der Waals surface area contributed by atoms with Gasteiger partial charge >= 0.3 is 0 Å². The molecule has 1 saturated heterocycles. The van der Waals surface area contributed by atoms with E-state index in [0.29, 0.717) is 12.8 Å². The van der Waals surface area contributed by atoms with Gasteiger partial charge in [-0.15, -0.1) is 0 Å². The summed E-state index contributed by atoms with van der Waals surface area (Å²) in [6.45, 7) is 2.24. The lowest BCUT2D eigenvalue weighted by Gasteiger charge is -2.34. The Balaban J connectivity index is 1.41. The fraction of sp³-hybridized carbons (Fsp3) is 0.212. The second kappa shape index (κ2) is 9.23. The maximum Gasteiger partial charge on any atom is 0.241 e. The van der Waals surface area contributed by atoms with Crippen molar-refractivity contribution in [3.63, 3.8) is 0 Å². The Labute approximate surface area is 231 Å². The number of carbonyl (C=O) groups is 2. The first-order valence-corrected chi connectivity index (χ1v) is 13.5. The molecule has 5 aromatic rings. The average Bonchev–Trinajstić information content (AvgIpc) is 3.63. The van der Waals surface area contributed by atoms with Crippen molar-refractivity contribution in [2.24, 2.45) is 5.92 Å². The topological polar surface area (TPSA) is 68.1 Å². The zero-order valence-electron chi connectivity index (χ0n) is 22.0. The summed E-state index contributed by atoms with van der Waals surface area (Å²) >= 11 is 0. The third-order valence-corrected chi connectivity index (χ3v) is 8.67. The minimum atomic E-state index is -1.06. The van der Waals surface area contributed by atoms with Crippen LogP contribution in [0.3, 0.4) is 0 Å². The predicted molar refractivity (Wildman–Crippen MR) is 149 cm³/mol. The van der Waals surface area contributed by atoms with Gasteiger partial charge in [-0.2, -0.15) is 5.10 Å². The Morgan fingerprint density at radius 1 is 0.925 bits per heavy atom. The molecule has 0 unspecified atom stereocenters. The van der Waals surface area contributed by atoms with E-state index in [2.05, 4.69) is 10.1 Å². The molecule has 3 heterocycles. The van der Waals surface area contributed by atoms with Gasteiger partial charge in [-0.25, -0.2) is 9.07 Å². The molecule has 0 radical (unpaired) electrons. The fourth-order valence-electron chi connectivity index (χ4n) is 6.94. The highest BCUT2D eigenvalue weighted by molar-refractivity contribution is 6.12. The second-order valence-corrected chi connectivity index (χ2v) is 10.8. The molecule has 3 aromatic carbocycles. The summed E-state index contributed by atoms with van der Waals surface area (Å²) in [6, 6.07) is 25.7. The van der Waals surface area contributed by atoms with E-state index in [1.165, 1.54) is 17.0 Å². The standard InChI is InChI=1S/C33H27FN4O2/c1-21-17-30-23(19-36-38(30)25-12-10-24(34)11-13-25)18-28(21)33-26(29-9-5-6-16-35-29)14-15-27(33)31(39)37(32(33)40)20-22-7-3-2-4-8-22/h2-13,16-19,26-27H,14-15,20H2,1H3/t26-,27-,33+/m0/s1. The first kappa shape index (κ1) is 24.4. The molecule has 3 atom stereocenters. The van der Waals surface area contributed by atoms with Gasteiger partial charge in [-0.05, 0) is 85.0 Å². The van der Waals surface area contributed by atoms with E-state index in [1.807, 2.05) is 67.6 Å².